The minimum atomic E-state index is -0.400. The highest BCUT2D eigenvalue weighted by Gasteiger charge is 2.48. The highest BCUT2D eigenvalue weighted by Crippen LogP contribution is 2.45. The molecule has 1 aliphatic carbocycles. The molecule has 24 heavy (non-hydrogen) atoms. The molecule has 0 bridgehead atoms. The van der Waals surface area contributed by atoms with Gasteiger partial charge in [0.15, 0.2) is 0 Å². The molecule has 0 radical (unpaired) electrons. The van der Waals surface area contributed by atoms with E-state index < -0.39 is 5.41 Å². The van der Waals surface area contributed by atoms with E-state index in [2.05, 4.69) is 0 Å². The molecule has 1 aliphatic heterocycles. The number of piperazine rings is 1. The lowest BCUT2D eigenvalue weighted by atomic mass is 9.63. The van der Waals surface area contributed by atoms with E-state index in [4.69, 9.17) is 16.3 Å². The van der Waals surface area contributed by atoms with Crippen LogP contribution in [0.2, 0.25) is 5.02 Å². The van der Waals surface area contributed by atoms with Gasteiger partial charge in [-0.2, -0.15) is 0 Å². The second-order valence-corrected chi connectivity index (χ2v) is 6.98. The summed E-state index contributed by atoms with van der Waals surface area (Å²) in [4.78, 5) is 28.7. The minimum Gasteiger partial charge on any atom is -0.375 e. The molecule has 2 fully saturated rings. The molecule has 0 atom stereocenters. The van der Waals surface area contributed by atoms with Crippen LogP contribution in [-0.2, 0) is 19.7 Å². The first-order valence-electron chi connectivity index (χ1n) is 8.39. The van der Waals surface area contributed by atoms with Gasteiger partial charge in [0.05, 0.1) is 5.41 Å². The van der Waals surface area contributed by atoms with Crippen LogP contribution < -0.4 is 0 Å². The highest BCUT2D eigenvalue weighted by molar-refractivity contribution is 6.30. The molecule has 1 saturated carbocycles. The van der Waals surface area contributed by atoms with Gasteiger partial charge >= 0.3 is 0 Å². The lowest BCUT2D eigenvalue weighted by Crippen LogP contribution is -2.57. The molecule has 3 rings (SSSR count). The van der Waals surface area contributed by atoms with Crippen LogP contribution in [0, 0.1) is 0 Å². The van der Waals surface area contributed by atoms with Crippen molar-refractivity contribution < 1.29 is 14.3 Å². The molecule has 0 aromatic heterocycles. The predicted octanol–water partition coefficient (Wildman–Crippen LogP) is 2.08. The van der Waals surface area contributed by atoms with Gasteiger partial charge in [-0.15, -0.1) is 0 Å². The molecule has 1 saturated heterocycles. The smallest absolute Gasteiger partial charge is 0.248 e. The molecule has 1 heterocycles. The summed E-state index contributed by atoms with van der Waals surface area (Å²) in [5.74, 6) is 0.176. The lowest BCUT2D eigenvalue weighted by molar-refractivity contribution is -0.147. The maximum Gasteiger partial charge on any atom is 0.248 e. The van der Waals surface area contributed by atoms with Crippen LogP contribution in [0.25, 0.3) is 0 Å². The van der Waals surface area contributed by atoms with E-state index in [9.17, 15) is 9.59 Å². The molecule has 2 aliphatic rings. The van der Waals surface area contributed by atoms with Gasteiger partial charge in [0, 0.05) is 38.3 Å². The first-order chi connectivity index (χ1) is 11.6. The zero-order valence-electron chi connectivity index (χ0n) is 14.0. The van der Waals surface area contributed by atoms with Crippen LogP contribution in [0.1, 0.15) is 24.8 Å². The minimum absolute atomic E-state index is 0.0133. The topological polar surface area (TPSA) is 49.9 Å². The van der Waals surface area contributed by atoms with E-state index in [0.717, 1.165) is 24.8 Å². The molecule has 0 N–H and O–H groups in total. The van der Waals surface area contributed by atoms with Gasteiger partial charge in [0.25, 0.3) is 0 Å². The van der Waals surface area contributed by atoms with Crippen LogP contribution in [0.5, 0.6) is 0 Å². The Labute approximate surface area is 147 Å². The number of amides is 2. The molecule has 0 unspecified atom stereocenters. The van der Waals surface area contributed by atoms with Crippen molar-refractivity contribution in [2.45, 2.75) is 24.7 Å². The van der Waals surface area contributed by atoms with Crippen molar-refractivity contribution in [2.75, 3.05) is 39.9 Å². The van der Waals surface area contributed by atoms with E-state index in [1.54, 1.807) is 4.90 Å². The summed E-state index contributed by atoms with van der Waals surface area (Å²) < 4.78 is 4.90. The summed E-state index contributed by atoms with van der Waals surface area (Å²) in [7, 11) is 1.52. The average Bonchev–Trinajstić information content (AvgIpc) is 2.56. The number of rotatable bonds is 4. The average molecular weight is 351 g/mol. The van der Waals surface area contributed by atoms with Crippen molar-refractivity contribution >= 4 is 23.4 Å². The molecule has 130 valence electrons. The van der Waals surface area contributed by atoms with Crippen molar-refractivity contribution in [3.8, 4) is 0 Å². The van der Waals surface area contributed by atoms with Gasteiger partial charge in [-0.25, -0.2) is 0 Å². The van der Waals surface area contributed by atoms with Gasteiger partial charge in [-0.05, 0) is 30.5 Å². The normalized spacial score (nSPS) is 19.8. The van der Waals surface area contributed by atoms with Gasteiger partial charge in [0.1, 0.15) is 6.61 Å². The summed E-state index contributed by atoms with van der Waals surface area (Å²) in [6.45, 7) is 2.42. The Bertz CT molecular complexity index is 605. The summed E-state index contributed by atoms with van der Waals surface area (Å²) >= 11 is 5.98. The number of carbonyl (C=O) groups is 2. The predicted molar refractivity (Wildman–Crippen MR) is 92.0 cm³/mol. The number of hydrogen-bond donors (Lipinski definition) is 0. The maximum absolute atomic E-state index is 13.2. The third kappa shape index (κ3) is 3.15. The number of methoxy groups -OCH3 is 1. The van der Waals surface area contributed by atoms with Crippen molar-refractivity contribution in [1.29, 1.82) is 0 Å². The van der Waals surface area contributed by atoms with Crippen LogP contribution in [0.15, 0.2) is 24.3 Å². The number of benzene rings is 1. The quantitative estimate of drug-likeness (QED) is 0.835. The second-order valence-electron chi connectivity index (χ2n) is 6.55. The first kappa shape index (κ1) is 17.2. The number of ether oxygens (including phenoxy) is 1. The first-order valence-corrected chi connectivity index (χ1v) is 8.77. The van der Waals surface area contributed by atoms with Gasteiger partial charge in [-0.3, -0.25) is 9.59 Å². The monoisotopic (exact) mass is 350 g/mol. The number of nitrogens with zero attached hydrogens (tertiary/aromatic N) is 2. The lowest BCUT2D eigenvalue weighted by Gasteiger charge is -2.46. The van der Waals surface area contributed by atoms with Crippen molar-refractivity contribution in [3.63, 3.8) is 0 Å². The fourth-order valence-electron chi connectivity index (χ4n) is 3.60. The molecular weight excluding hydrogens is 328 g/mol. The Balaban J connectivity index is 1.68. The zero-order chi connectivity index (χ0) is 17.2. The van der Waals surface area contributed by atoms with Crippen LogP contribution in [0.3, 0.4) is 0 Å². The summed E-state index contributed by atoms with van der Waals surface area (Å²) in [5, 5.41) is 0.686. The van der Waals surface area contributed by atoms with Crippen LogP contribution in [-0.4, -0.2) is 61.5 Å². The van der Waals surface area contributed by atoms with E-state index in [1.807, 2.05) is 29.2 Å². The zero-order valence-corrected chi connectivity index (χ0v) is 14.7. The summed E-state index contributed by atoms with van der Waals surface area (Å²) in [6, 6.07) is 7.65. The van der Waals surface area contributed by atoms with Gasteiger partial charge in [-0.1, -0.05) is 30.2 Å². The molecule has 1 aromatic carbocycles. The van der Waals surface area contributed by atoms with E-state index >= 15 is 0 Å². The Morgan fingerprint density at radius 2 is 1.67 bits per heavy atom. The van der Waals surface area contributed by atoms with E-state index in [1.165, 1.54) is 7.11 Å². The fraction of sp³-hybridized carbons (Fsp3) is 0.556. The third-order valence-electron chi connectivity index (χ3n) is 5.20. The van der Waals surface area contributed by atoms with Crippen LogP contribution >= 0.6 is 11.6 Å². The Hall–Kier alpha value is -1.59. The largest absolute Gasteiger partial charge is 0.375 e. The SMILES string of the molecule is COCC(=O)N1CCN(C(=O)C2(c3ccc(Cl)cc3)CCC2)CC1. The van der Waals surface area contributed by atoms with Crippen molar-refractivity contribution in [3.05, 3.63) is 34.9 Å². The molecule has 0 spiro atoms. The Morgan fingerprint density at radius 3 is 2.17 bits per heavy atom. The van der Waals surface area contributed by atoms with Crippen molar-refractivity contribution in [1.82, 2.24) is 9.80 Å². The highest BCUT2D eigenvalue weighted by atomic mass is 35.5. The molecule has 5 nitrogen and oxygen atoms in total. The third-order valence-corrected chi connectivity index (χ3v) is 5.45. The molecule has 1 aromatic rings. The van der Waals surface area contributed by atoms with Gasteiger partial charge in [0.2, 0.25) is 11.8 Å². The molecular formula is C18H23ClN2O3. The second kappa shape index (κ2) is 7.11. The molecule has 2 amide bonds. The maximum atomic E-state index is 13.2. The Kier molecular flexibility index (Phi) is 5.11. The standard InChI is InChI=1S/C18H23ClN2O3/c1-24-13-16(22)20-9-11-21(12-10-20)17(23)18(7-2-8-18)14-3-5-15(19)6-4-14/h3-6H,2,7-13H2,1H3. The van der Waals surface area contributed by atoms with E-state index in [-0.39, 0.29) is 18.4 Å². The molecule has 6 heteroatoms. The Morgan fingerprint density at radius 1 is 1.08 bits per heavy atom. The summed E-state index contributed by atoms with van der Waals surface area (Å²) in [6.07, 6.45) is 2.84. The van der Waals surface area contributed by atoms with Gasteiger partial charge < -0.3 is 14.5 Å². The number of halogens is 1. The fourth-order valence-corrected chi connectivity index (χ4v) is 3.73. The summed E-state index contributed by atoms with van der Waals surface area (Å²) in [5.41, 5.74) is 0.657. The number of hydrogen-bond acceptors (Lipinski definition) is 3. The van der Waals surface area contributed by atoms with E-state index in [0.29, 0.717) is 31.2 Å². The number of carbonyl (C=O) groups excluding carboxylic acids is 2. The van der Waals surface area contributed by atoms with Crippen LogP contribution in [0.4, 0.5) is 0 Å². The van der Waals surface area contributed by atoms with Crippen molar-refractivity contribution in [2.24, 2.45) is 0 Å².